The van der Waals surface area contributed by atoms with E-state index in [-0.39, 0.29) is 0 Å². The third-order valence-electron chi connectivity index (χ3n) is 6.84. The molecule has 0 radical (unpaired) electrons. The molecule has 2 aromatic rings. The van der Waals surface area contributed by atoms with E-state index in [1.807, 2.05) is 24.3 Å². The second-order valence-electron chi connectivity index (χ2n) is 8.87. The summed E-state index contributed by atoms with van der Waals surface area (Å²) >= 11 is 0. The van der Waals surface area contributed by atoms with Gasteiger partial charge in [-0.1, -0.05) is 102 Å². The summed E-state index contributed by atoms with van der Waals surface area (Å²) in [6, 6.07) is 11.3. The molecule has 0 unspecified atom stereocenters. The maximum Gasteiger partial charge on any atom is 0.166 e. The fourth-order valence-electron chi connectivity index (χ4n) is 4.78. The smallest absolute Gasteiger partial charge is 0.166 e. The van der Waals surface area contributed by atoms with Crippen molar-refractivity contribution in [3.63, 3.8) is 0 Å². The standard InChI is InChI=1S/C27H36F2/c1-3-5-6-7-21-8-10-22(11-9-21)14-17-24-18-19-25(27(29)26(24)28)23-15-12-20(4-2)13-16-23/h12-13,15-16,18-19,21-22H,3-11,14,17H2,1-2H3/t21-,22-. The van der Waals surface area contributed by atoms with Gasteiger partial charge in [0, 0.05) is 5.56 Å². The highest BCUT2D eigenvalue weighted by atomic mass is 19.2. The van der Waals surface area contributed by atoms with Gasteiger partial charge in [-0.15, -0.1) is 0 Å². The van der Waals surface area contributed by atoms with Crippen LogP contribution in [0.4, 0.5) is 8.78 Å². The Kier molecular flexibility index (Phi) is 8.27. The Morgan fingerprint density at radius 1 is 0.759 bits per heavy atom. The van der Waals surface area contributed by atoms with Crippen molar-refractivity contribution in [2.75, 3.05) is 0 Å². The van der Waals surface area contributed by atoms with Gasteiger partial charge in [0.1, 0.15) is 0 Å². The molecule has 1 saturated carbocycles. The van der Waals surface area contributed by atoms with Gasteiger partial charge < -0.3 is 0 Å². The molecule has 0 nitrogen and oxygen atoms in total. The Morgan fingerprint density at radius 2 is 1.41 bits per heavy atom. The molecule has 29 heavy (non-hydrogen) atoms. The fraction of sp³-hybridized carbons (Fsp3) is 0.556. The van der Waals surface area contributed by atoms with Gasteiger partial charge in [-0.2, -0.15) is 0 Å². The third kappa shape index (κ3) is 5.90. The molecule has 0 heterocycles. The van der Waals surface area contributed by atoms with Crippen LogP contribution in [0.1, 0.15) is 82.8 Å². The van der Waals surface area contributed by atoms with Crippen LogP contribution in [0.25, 0.3) is 11.1 Å². The predicted octanol–water partition coefficient (Wildman–Crippen LogP) is 8.51. The van der Waals surface area contributed by atoms with Crippen molar-refractivity contribution in [2.45, 2.75) is 84.5 Å². The van der Waals surface area contributed by atoms with Crippen LogP contribution < -0.4 is 0 Å². The van der Waals surface area contributed by atoms with Gasteiger partial charge in [-0.3, -0.25) is 0 Å². The molecule has 0 aliphatic heterocycles. The Balaban J connectivity index is 1.55. The summed E-state index contributed by atoms with van der Waals surface area (Å²) in [4.78, 5) is 0. The number of rotatable bonds is 9. The summed E-state index contributed by atoms with van der Waals surface area (Å²) in [5.74, 6) is 0.202. The molecular formula is C27H36F2. The first kappa shape index (κ1) is 22.0. The molecule has 0 N–H and O–H groups in total. The van der Waals surface area contributed by atoms with Crippen molar-refractivity contribution in [2.24, 2.45) is 11.8 Å². The van der Waals surface area contributed by atoms with Crippen LogP contribution in [0.15, 0.2) is 36.4 Å². The summed E-state index contributed by atoms with van der Waals surface area (Å²) < 4.78 is 29.4. The van der Waals surface area contributed by atoms with Crippen LogP contribution in [0, 0.1) is 23.5 Å². The second-order valence-corrected chi connectivity index (χ2v) is 8.87. The monoisotopic (exact) mass is 398 g/mol. The summed E-state index contributed by atoms with van der Waals surface area (Å²) in [6.07, 6.45) is 13.1. The average Bonchev–Trinajstić information content (AvgIpc) is 2.76. The summed E-state index contributed by atoms with van der Waals surface area (Å²) in [5.41, 5.74) is 2.83. The molecule has 1 fully saturated rings. The highest BCUT2D eigenvalue weighted by molar-refractivity contribution is 5.65. The second kappa shape index (κ2) is 10.9. The zero-order valence-electron chi connectivity index (χ0n) is 18.2. The normalized spacial score (nSPS) is 19.4. The van der Waals surface area contributed by atoms with E-state index >= 15 is 0 Å². The van der Waals surface area contributed by atoms with E-state index in [0.29, 0.717) is 23.5 Å². The molecule has 0 aromatic heterocycles. The highest BCUT2D eigenvalue weighted by Gasteiger charge is 2.22. The molecule has 0 saturated heterocycles. The minimum Gasteiger partial charge on any atom is -0.203 e. The number of hydrogen-bond acceptors (Lipinski definition) is 0. The molecule has 0 atom stereocenters. The molecule has 2 heteroatoms. The molecule has 3 rings (SSSR count). The van der Waals surface area contributed by atoms with Crippen LogP contribution in [0.3, 0.4) is 0 Å². The van der Waals surface area contributed by atoms with Gasteiger partial charge in [-0.05, 0) is 47.8 Å². The van der Waals surface area contributed by atoms with Crippen LogP contribution in [0.2, 0.25) is 0 Å². The van der Waals surface area contributed by atoms with Crippen LogP contribution in [-0.4, -0.2) is 0 Å². The minimum absolute atomic E-state index is 0.362. The van der Waals surface area contributed by atoms with Gasteiger partial charge in [0.2, 0.25) is 0 Å². The molecule has 1 aliphatic carbocycles. The Morgan fingerprint density at radius 3 is 2.03 bits per heavy atom. The zero-order valence-corrected chi connectivity index (χ0v) is 18.2. The number of unbranched alkanes of at least 4 members (excludes halogenated alkanes) is 2. The Labute approximate surface area is 175 Å². The first-order valence-electron chi connectivity index (χ1n) is 11.7. The first-order valence-corrected chi connectivity index (χ1v) is 11.7. The van der Waals surface area contributed by atoms with Crippen LogP contribution >= 0.6 is 0 Å². The summed E-state index contributed by atoms with van der Waals surface area (Å²) in [7, 11) is 0. The van der Waals surface area contributed by atoms with Gasteiger partial charge in [-0.25, -0.2) is 8.78 Å². The lowest BCUT2D eigenvalue weighted by molar-refractivity contribution is 0.248. The number of benzene rings is 2. The Hall–Kier alpha value is -1.70. The Bertz CT molecular complexity index is 755. The van der Waals surface area contributed by atoms with Crippen molar-refractivity contribution in [3.8, 4) is 11.1 Å². The lowest BCUT2D eigenvalue weighted by Crippen LogP contribution is -2.15. The lowest BCUT2D eigenvalue weighted by atomic mass is 9.77. The quantitative estimate of drug-likeness (QED) is 0.371. The average molecular weight is 399 g/mol. The van der Waals surface area contributed by atoms with Crippen LogP contribution in [-0.2, 0) is 12.8 Å². The van der Waals surface area contributed by atoms with Crippen LogP contribution in [0.5, 0.6) is 0 Å². The van der Waals surface area contributed by atoms with E-state index in [4.69, 9.17) is 0 Å². The maximum atomic E-state index is 14.7. The van der Waals surface area contributed by atoms with Gasteiger partial charge in [0.15, 0.2) is 11.6 Å². The minimum atomic E-state index is -0.702. The number of halogens is 2. The van der Waals surface area contributed by atoms with Crippen molar-refractivity contribution < 1.29 is 8.78 Å². The molecule has 1 aliphatic rings. The van der Waals surface area contributed by atoms with Gasteiger partial charge in [0.05, 0.1) is 0 Å². The van der Waals surface area contributed by atoms with E-state index in [9.17, 15) is 8.78 Å². The summed E-state index contributed by atoms with van der Waals surface area (Å²) in [5, 5.41) is 0. The maximum absolute atomic E-state index is 14.7. The molecule has 158 valence electrons. The van der Waals surface area contributed by atoms with Crippen molar-refractivity contribution in [1.29, 1.82) is 0 Å². The van der Waals surface area contributed by atoms with E-state index in [0.717, 1.165) is 24.3 Å². The first-order chi connectivity index (χ1) is 14.1. The van der Waals surface area contributed by atoms with E-state index in [2.05, 4.69) is 13.8 Å². The molecular weight excluding hydrogens is 362 g/mol. The van der Waals surface area contributed by atoms with Crippen molar-refractivity contribution in [3.05, 3.63) is 59.2 Å². The zero-order chi connectivity index (χ0) is 20.6. The molecule has 0 amide bonds. The van der Waals surface area contributed by atoms with Crippen molar-refractivity contribution in [1.82, 2.24) is 0 Å². The van der Waals surface area contributed by atoms with E-state index < -0.39 is 11.6 Å². The van der Waals surface area contributed by atoms with E-state index in [1.165, 1.54) is 56.9 Å². The third-order valence-corrected chi connectivity index (χ3v) is 6.84. The largest absolute Gasteiger partial charge is 0.203 e. The van der Waals surface area contributed by atoms with Crippen molar-refractivity contribution >= 4 is 0 Å². The molecule has 2 aromatic carbocycles. The number of hydrogen-bond donors (Lipinski definition) is 0. The number of aryl methyl sites for hydroxylation is 2. The lowest BCUT2D eigenvalue weighted by Gasteiger charge is -2.28. The van der Waals surface area contributed by atoms with E-state index in [1.54, 1.807) is 12.1 Å². The van der Waals surface area contributed by atoms with Gasteiger partial charge in [0.25, 0.3) is 0 Å². The molecule has 0 spiro atoms. The fourth-order valence-corrected chi connectivity index (χ4v) is 4.78. The SMILES string of the molecule is CCCCC[C@H]1CC[C@H](CCc2ccc(-c3ccc(CC)cc3)c(F)c2F)CC1. The molecule has 0 bridgehead atoms. The highest BCUT2D eigenvalue weighted by Crippen LogP contribution is 2.35. The topological polar surface area (TPSA) is 0 Å². The van der Waals surface area contributed by atoms with Gasteiger partial charge >= 0.3 is 0 Å². The summed E-state index contributed by atoms with van der Waals surface area (Å²) in [6.45, 7) is 4.34. The predicted molar refractivity (Wildman–Crippen MR) is 119 cm³/mol.